The van der Waals surface area contributed by atoms with Crippen molar-refractivity contribution >= 4 is 22.8 Å². The molecule has 0 aliphatic rings. The quantitative estimate of drug-likeness (QED) is 0.717. The Labute approximate surface area is 139 Å². The topological polar surface area (TPSA) is 89.3 Å². The van der Waals surface area contributed by atoms with Crippen molar-refractivity contribution in [3.63, 3.8) is 0 Å². The van der Waals surface area contributed by atoms with Crippen LogP contribution in [0, 0.1) is 20.8 Å². The number of furan rings is 1. The second kappa shape index (κ2) is 6.19. The maximum atomic E-state index is 12.4. The molecule has 2 N–H and O–H groups in total. The maximum Gasteiger partial charge on any atom is 0.305 e. The largest absolute Gasteiger partial charge is 0.481 e. The zero-order valence-corrected chi connectivity index (χ0v) is 13.9. The van der Waals surface area contributed by atoms with Gasteiger partial charge in [0.05, 0.1) is 7.11 Å². The average Bonchev–Trinajstić information content (AvgIpc) is 2.95. The number of carbonyl (C=O) groups excluding carboxylic acids is 1. The number of nitrogens with zero attached hydrogens (tertiary/aromatic N) is 2. The first kappa shape index (κ1) is 15.8. The first-order valence-electron chi connectivity index (χ1n) is 7.44. The van der Waals surface area contributed by atoms with Crippen LogP contribution in [-0.4, -0.2) is 23.0 Å². The molecule has 0 aliphatic heterocycles. The van der Waals surface area contributed by atoms with Crippen molar-refractivity contribution in [2.24, 2.45) is 0 Å². The molecule has 1 amide bonds. The Kier molecular flexibility index (Phi) is 4.07. The molecule has 0 aliphatic carbocycles. The van der Waals surface area contributed by atoms with E-state index in [1.165, 1.54) is 13.3 Å². The highest BCUT2D eigenvalue weighted by Gasteiger charge is 2.20. The van der Waals surface area contributed by atoms with Crippen LogP contribution >= 0.6 is 0 Å². The van der Waals surface area contributed by atoms with E-state index in [-0.39, 0.29) is 11.7 Å². The summed E-state index contributed by atoms with van der Waals surface area (Å²) in [6.45, 7) is 5.82. The van der Waals surface area contributed by atoms with Crippen molar-refractivity contribution in [1.82, 2.24) is 15.4 Å². The summed E-state index contributed by atoms with van der Waals surface area (Å²) < 4.78 is 10.8. The van der Waals surface area contributed by atoms with Crippen molar-refractivity contribution in [1.29, 1.82) is 0 Å². The van der Waals surface area contributed by atoms with Gasteiger partial charge in [-0.05, 0) is 31.9 Å². The number of amides is 1. The van der Waals surface area contributed by atoms with Crippen molar-refractivity contribution in [2.45, 2.75) is 20.8 Å². The molecule has 0 saturated heterocycles. The monoisotopic (exact) mass is 326 g/mol. The highest BCUT2D eigenvalue weighted by molar-refractivity contribution is 6.00. The Hall–Kier alpha value is -3.09. The molecule has 7 nitrogen and oxygen atoms in total. The van der Waals surface area contributed by atoms with Gasteiger partial charge in [-0.15, -0.1) is 0 Å². The number of carbonyl (C=O) groups is 1. The number of hydrogen-bond donors (Lipinski definition) is 2. The van der Waals surface area contributed by atoms with Gasteiger partial charge in [0.25, 0.3) is 0 Å². The third-order valence-corrected chi connectivity index (χ3v) is 3.82. The highest BCUT2D eigenvalue weighted by atomic mass is 16.5. The molecule has 1 aromatic carbocycles. The minimum absolute atomic E-state index is 0.226. The van der Waals surface area contributed by atoms with E-state index in [0.717, 1.165) is 27.7 Å². The van der Waals surface area contributed by atoms with Crippen molar-refractivity contribution < 1.29 is 13.9 Å². The number of benzene rings is 1. The smallest absolute Gasteiger partial charge is 0.305 e. The number of fused-ring (bicyclic) bond motifs is 1. The summed E-state index contributed by atoms with van der Waals surface area (Å²) in [4.78, 5) is 20.5. The van der Waals surface area contributed by atoms with Gasteiger partial charge < -0.3 is 9.15 Å². The number of methoxy groups -OCH3 is 1. The maximum absolute atomic E-state index is 12.4. The number of nitrogens with one attached hydrogen (secondary N) is 2. The van der Waals surface area contributed by atoms with Crippen LogP contribution in [-0.2, 0) is 0 Å². The second-order valence-electron chi connectivity index (χ2n) is 5.46. The molecule has 0 atom stereocenters. The number of anilines is 1. The van der Waals surface area contributed by atoms with E-state index < -0.39 is 5.91 Å². The molecule has 0 saturated carbocycles. The number of aryl methyl sites for hydroxylation is 3. The van der Waals surface area contributed by atoms with E-state index in [2.05, 4.69) is 20.8 Å². The molecule has 3 aromatic rings. The summed E-state index contributed by atoms with van der Waals surface area (Å²) in [7, 11) is 1.51. The number of hydrazine groups is 1. The number of hydrogen-bond acceptors (Lipinski definition) is 6. The molecule has 0 radical (unpaired) electrons. The summed E-state index contributed by atoms with van der Waals surface area (Å²) >= 11 is 0. The summed E-state index contributed by atoms with van der Waals surface area (Å²) in [6.07, 6.45) is 1.53. The minimum atomic E-state index is -0.395. The minimum Gasteiger partial charge on any atom is -0.481 e. The van der Waals surface area contributed by atoms with Crippen molar-refractivity contribution in [2.75, 3.05) is 12.5 Å². The molecule has 2 aromatic heterocycles. The molecular formula is C17H18N4O3. The molecule has 24 heavy (non-hydrogen) atoms. The van der Waals surface area contributed by atoms with Gasteiger partial charge >= 0.3 is 5.91 Å². The van der Waals surface area contributed by atoms with Gasteiger partial charge in [-0.3, -0.25) is 15.6 Å². The van der Waals surface area contributed by atoms with Gasteiger partial charge in [0.15, 0.2) is 5.76 Å². The van der Waals surface area contributed by atoms with Crippen LogP contribution in [0.5, 0.6) is 5.88 Å². The Bertz CT molecular complexity index is 918. The van der Waals surface area contributed by atoms with Gasteiger partial charge in [0.2, 0.25) is 11.8 Å². The van der Waals surface area contributed by atoms with Crippen LogP contribution < -0.4 is 15.6 Å². The van der Waals surface area contributed by atoms with Crippen LogP contribution in [0.25, 0.3) is 11.0 Å². The van der Waals surface area contributed by atoms with Gasteiger partial charge in [-0.2, -0.15) is 4.98 Å². The van der Waals surface area contributed by atoms with Crippen molar-refractivity contribution in [3.05, 3.63) is 46.8 Å². The summed E-state index contributed by atoms with van der Waals surface area (Å²) in [5.41, 5.74) is 8.79. The van der Waals surface area contributed by atoms with E-state index in [1.807, 2.05) is 32.9 Å². The first-order chi connectivity index (χ1) is 11.5. The summed E-state index contributed by atoms with van der Waals surface area (Å²) in [5.74, 6) is 0.489. The Morgan fingerprint density at radius 2 is 1.92 bits per heavy atom. The van der Waals surface area contributed by atoms with Crippen LogP contribution in [0.1, 0.15) is 27.2 Å². The fraction of sp³-hybridized carbons (Fsp3) is 0.235. The number of ether oxygens (including phenoxy) is 1. The molecule has 2 heterocycles. The van der Waals surface area contributed by atoms with E-state index >= 15 is 0 Å². The lowest BCUT2D eigenvalue weighted by atomic mass is 10.0. The predicted molar refractivity (Wildman–Crippen MR) is 90.1 cm³/mol. The number of rotatable bonds is 4. The predicted octanol–water partition coefficient (Wildman–Crippen LogP) is 2.91. The third-order valence-electron chi connectivity index (χ3n) is 3.82. The van der Waals surface area contributed by atoms with Crippen LogP contribution in [0.2, 0.25) is 0 Å². The van der Waals surface area contributed by atoms with Gasteiger partial charge in [0, 0.05) is 23.2 Å². The Balaban J connectivity index is 1.85. The van der Waals surface area contributed by atoms with E-state index in [1.54, 1.807) is 6.07 Å². The molecule has 124 valence electrons. The lowest BCUT2D eigenvalue weighted by Crippen LogP contribution is -2.30. The molecular weight excluding hydrogens is 308 g/mol. The standard InChI is InChI=1S/C17H18N4O3/c1-9-5-6-10(2)14-13(9)11(3)15(24-14)16(22)20-21-17-18-8-7-12(19-17)23-4/h5-8H,1-4H3,(H,20,22)(H,18,19,21). The van der Waals surface area contributed by atoms with Gasteiger partial charge in [-0.25, -0.2) is 4.98 Å². The van der Waals surface area contributed by atoms with Crippen LogP contribution in [0.3, 0.4) is 0 Å². The van der Waals surface area contributed by atoms with E-state index in [4.69, 9.17) is 9.15 Å². The fourth-order valence-electron chi connectivity index (χ4n) is 2.58. The van der Waals surface area contributed by atoms with E-state index in [9.17, 15) is 4.79 Å². The Morgan fingerprint density at radius 3 is 2.62 bits per heavy atom. The fourth-order valence-corrected chi connectivity index (χ4v) is 2.58. The average molecular weight is 326 g/mol. The SMILES string of the molecule is COc1ccnc(NNC(=O)c2oc3c(C)ccc(C)c3c2C)n1. The first-order valence-corrected chi connectivity index (χ1v) is 7.44. The lowest BCUT2D eigenvalue weighted by molar-refractivity contribution is 0.0936. The molecule has 7 heteroatoms. The van der Waals surface area contributed by atoms with Gasteiger partial charge in [0.1, 0.15) is 5.58 Å². The van der Waals surface area contributed by atoms with Gasteiger partial charge in [-0.1, -0.05) is 12.1 Å². The van der Waals surface area contributed by atoms with Crippen LogP contribution in [0.15, 0.2) is 28.8 Å². The zero-order valence-electron chi connectivity index (χ0n) is 13.9. The molecule has 0 bridgehead atoms. The molecule has 0 fully saturated rings. The summed E-state index contributed by atoms with van der Waals surface area (Å²) in [6, 6.07) is 5.61. The zero-order chi connectivity index (χ0) is 17.3. The molecule has 3 rings (SSSR count). The third kappa shape index (κ3) is 2.76. The molecule has 0 unspecified atom stereocenters. The highest BCUT2D eigenvalue weighted by Crippen LogP contribution is 2.30. The van der Waals surface area contributed by atoms with Crippen LogP contribution in [0.4, 0.5) is 5.95 Å². The second-order valence-corrected chi connectivity index (χ2v) is 5.46. The Morgan fingerprint density at radius 1 is 1.17 bits per heavy atom. The van der Waals surface area contributed by atoms with Crippen molar-refractivity contribution in [3.8, 4) is 5.88 Å². The summed E-state index contributed by atoms with van der Waals surface area (Å²) in [5, 5.41) is 0.970. The normalized spacial score (nSPS) is 10.7. The van der Waals surface area contributed by atoms with E-state index in [0.29, 0.717) is 5.88 Å². The number of aromatic nitrogens is 2. The lowest BCUT2D eigenvalue weighted by Gasteiger charge is -2.06. The molecule has 0 spiro atoms.